The first-order chi connectivity index (χ1) is 4.75. The molecular weight excluding hydrogens is 130 g/mol. The minimum atomic E-state index is -0.771. The van der Waals surface area contributed by atoms with Crippen molar-refractivity contribution in [2.24, 2.45) is 0 Å². The van der Waals surface area contributed by atoms with Crippen LogP contribution < -0.4 is 0 Å². The van der Waals surface area contributed by atoms with E-state index in [0.29, 0.717) is 12.6 Å². The smallest absolute Gasteiger partial charge is 0.407 e. The number of carbonyl (C=O) groups is 1. The molecule has 0 bridgehead atoms. The van der Waals surface area contributed by atoms with Crippen LogP contribution in [0.4, 0.5) is 4.79 Å². The van der Waals surface area contributed by atoms with Crippen LogP contribution in [0.3, 0.4) is 0 Å². The molecule has 1 N–H and O–H groups in total. The second kappa shape index (κ2) is 2.90. The van der Waals surface area contributed by atoms with Gasteiger partial charge in [-0.15, -0.1) is 0 Å². The van der Waals surface area contributed by atoms with E-state index in [1.165, 1.54) is 11.3 Å². The van der Waals surface area contributed by atoms with Crippen LogP contribution in [0.25, 0.3) is 0 Å². The average Bonchev–Trinajstić information content (AvgIpc) is 1.76. The predicted molar refractivity (Wildman–Crippen MR) is 38.0 cm³/mol. The number of rotatable bonds is 2. The van der Waals surface area contributed by atoms with Crippen molar-refractivity contribution in [3.63, 3.8) is 0 Å². The summed E-state index contributed by atoms with van der Waals surface area (Å²) < 4.78 is 0. The van der Waals surface area contributed by atoms with Gasteiger partial charge in [0, 0.05) is 12.6 Å². The number of nitrogens with zero attached hydrogens (tertiary/aromatic N) is 1. The molecule has 1 rings (SSSR count). The molecule has 10 heavy (non-hydrogen) atoms. The van der Waals surface area contributed by atoms with E-state index in [4.69, 9.17) is 5.11 Å². The van der Waals surface area contributed by atoms with Crippen molar-refractivity contribution in [3.8, 4) is 0 Å². The highest BCUT2D eigenvalue weighted by Gasteiger charge is 2.26. The van der Waals surface area contributed by atoms with Crippen LogP contribution in [0.1, 0.15) is 26.2 Å². The summed E-state index contributed by atoms with van der Waals surface area (Å²) in [5.41, 5.74) is 0. The second-order valence-electron chi connectivity index (χ2n) is 2.65. The third kappa shape index (κ3) is 1.23. The molecule has 3 heteroatoms. The summed E-state index contributed by atoms with van der Waals surface area (Å²) in [6.45, 7) is 2.51. The summed E-state index contributed by atoms with van der Waals surface area (Å²) in [4.78, 5) is 12.0. The summed E-state index contributed by atoms with van der Waals surface area (Å²) in [6, 6.07) is 0.322. The lowest BCUT2D eigenvalue weighted by molar-refractivity contribution is 0.101. The van der Waals surface area contributed by atoms with Crippen molar-refractivity contribution < 1.29 is 9.90 Å². The van der Waals surface area contributed by atoms with Gasteiger partial charge in [-0.25, -0.2) is 4.79 Å². The maximum atomic E-state index is 10.5. The molecule has 1 fully saturated rings. The molecule has 0 unspecified atom stereocenters. The van der Waals surface area contributed by atoms with Crippen LogP contribution in [0.2, 0.25) is 0 Å². The molecule has 0 aromatic carbocycles. The Bertz CT molecular complexity index is 132. The summed E-state index contributed by atoms with van der Waals surface area (Å²) in [7, 11) is 0. The van der Waals surface area contributed by atoms with Gasteiger partial charge >= 0.3 is 6.09 Å². The highest BCUT2D eigenvalue weighted by atomic mass is 16.4. The Hall–Kier alpha value is -0.730. The predicted octanol–water partition coefficient (Wildman–Crippen LogP) is 1.54. The molecule has 1 aliphatic rings. The fourth-order valence-corrected chi connectivity index (χ4v) is 1.25. The summed E-state index contributed by atoms with van der Waals surface area (Å²) in [6.07, 6.45) is 2.53. The van der Waals surface area contributed by atoms with Crippen molar-refractivity contribution in [1.29, 1.82) is 0 Å². The maximum absolute atomic E-state index is 10.5. The van der Waals surface area contributed by atoms with E-state index in [-0.39, 0.29) is 0 Å². The Morgan fingerprint density at radius 2 is 2.30 bits per heavy atom. The zero-order valence-corrected chi connectivity index (χ0v) is 6.21. The number of hydrogen-bond acceptors (Lipinski definition) is 1. The van der Waals surface area contributed by atoms with Crippen molar-refractivity contribution in [2.45, 2.75) is 32.2 Å². The Morgan fingerprint density at radius 1 is 1.70 bits per heavy atom. The zero-order valence-electron chi connectivity index (χ0n) is 6.21. The molecule has 0 atom stereocenters. The maximum Gasteiger partial charge on any atom is 0.407 e. The van der Waals surface area contributed by atoms with E-state index in [1.807, 2.05) is 6.92 Å². The standard InChI is InChI=1S/C7H13NO2/c1-2-8(7(9)10)6-4-3-5-6/h6H,2-5H2,1H3,(H,9,10). The van der Waals surface area contributed by atoms with Gasteiger partial charge in [-0.1, -0.05) is 0 Å². The van der Waals surface area contributed by atoms with E-state index < -0.39 is 6.09 Å². The third-order valence-corrected chi connectivity index (χ3v) is 2.10. The van der Waals surface area contributed by atoms with Gasteiger partial charge in [0.05, 0.1) is 0 Å². The van der Waals surface area contributed by atoms with Crippen LogP contribution in [-0.2, 0) is 0 Å². The van der Waals surface area contributed by atoms with Crippen molar-refractivity contribution >= 4 is 6.09 Å². The number of carboxylic acid groups (broad SMARTS) is 1. The van der Waals surface area contributed by atoms with Crippen molar-refractivity contribution in [1.82, 2.24) is 4.90 Å². The first-order valence-electron chi connectivity index (χ1n) is 3.75. The first-order valence-corrected chi connectivity index (χ1v) is 3.75. The Balaban J connectivity index is 2.39. The van der Waals surface area contributed by atoms with Crippen LogP contribution in [0, 0.1) is 0 Å². The number of hydrogen-bond donors (Lipinski definition) is 1. The lowest BCUT2D eigenvalue weighted by Gasteiger charge is -2.34. The van der Waals surface area contributed by atoms with Gasteiger partial charge < -0.3 is 10.0 Å². The lowest BCUT2D eigenvalue weighted by Crippen LogP contribution is -2.43. The van der Waals surface area contributed by atoms with E-state index >= 15 is 0 Å². The highest BCUT2D eigenvalue weighted by Crippen LogP contribution is 2.24. The molecule has 3 nitrogen and oxygen atoms in total. The molecule has 0 aliphatic heterocycles. The van der Waals surface area contributed by atoms with Crippen LogP contribution in [0.5, 0.6) is 0 Å². The van der Waals surface area contributed by atoms with Gasteiger partial charge in [0.2, 0.25) is 0 Å². The molecule has 1 aliphatic carbocycles. The Morgan fingerprint density at radius 3 is 2.40 bits per heavy atom. The highest BCUT2D eigenvalue weighted by molar-refractivity contribution is 5.65. The lowest BCUT2D eigenvalue weighted by atomic mass is 9.92. The molecule has 0 aromatic rings. The summed E-state index contributed by atoms with van der Waals surface area (Å²) in [5.74, 6) is 0. The fourth-order valence-electron chi connectivity index (χ4n) is 1.25. The SMILES string of the molecule is CCN(C(=O)O)C1CCC1. The normalized spacial score (nSPS) is 18.1. The van der Waals surface area contributed by atoms with Gasteiger partial charge in [0.15, 0.2) is 0 Å². The van der Waals surface area contributed by atoms with Gasteiger partial charge in [-0.2, -0.15) is 0 Å². The third-order valence-electron chi connectivity index (χ3n) is 2.10. The molecular formula is C7H13NO2. The van der Waals surface area contributed by atoms with Gasteiger partial charge in [-0.05, 0) is 26.2 Å². The van der Waals surface area contributed by atoms with E-state index in [9.17, 15) is 4.79 Å². The van der Waals surface area contributed by atoms with Crippen LogP contribution in [-0.4, -0.2) is 28.7 Å². The molecule has 0 aromatic heterocycles. The average molecular weight is 143 g/mol. The van der Waals surface area contributed by atoms with E-state index in [2.05, 4.69) is 0 Å². The van der Waals surface area contributed by atoms with Crippen molar-refractivity contribution in [2.75, 3.05) is 6.54 Å². The molecule has 0 spiro atoms. The number of amides is 1. The van der Waals surface area contributed by atoms with Crippen LogP contribution in [0.15, 0.2) is 0 Å². The van der Waals surface area contributed by atoms with E-state index in [1.54, 1.807) is 0 Å². The molecule has 0 saturated heterocycles. The van der Waals surface area contributed by atoms with Gasteiger partial charge in [-0.3, -0.25) is 0 Å². The van der Waals surface area contributed by atoms with Crippen molar-refractivity contribution in [3.05, 3.63) is 0 Å². The molecule has 1 amide bonds. The van der Waals surface area contributed by atoms with Gasteiger partial charge in [0.1, 0.15) is 0 Å². The minimum absolute atomic E-state index is 0.322. The molecule has 1 saturated carbocycles. The largest absolute Gasteiger partial charge is 0.465 e. The second-order valence-corrected chi connectivity index (χ2v) is 2.65. The quantitative estimate of drug-likeness (QED) is 0.637. The Kier molecular flexibility index (Phi) is 2.14. The fraction of sp³-hybridized carbons (Fsp3) is 0.857. The summed E-state index contributed by atoms with van der Waals surface area (Å²) >= 11 is 0. The van der Waals surface area contributed by atoms with Crippen LogP contribution >= 0.6 is 0 Å². The molecule has 58 valence electrons. The minimum Gasteiger partial charge on any atom is -0.465 e. The summed E-state index contributed by atoms with van der Waals surface area (Å²) in [5, 5.41) is 8.63. The Labute approximate surface area is 60.6 Å². The van der Waals surface area contributed by atoms with E-state index in [0.717, 1.165) is 12.8 Å². The topological polar surface area (TPSA) is 40.5 Å². The molecule has 0 radical (unpaired) electrons. The zero-order chi connectivity index (χ0) is 7.56. The first kappa shape index (κ1) is 7.38. The van der Waals surface area contributed by atoms with Gasteiger partial charge in [0.25, 0.3) is 0 Å². The monoisotopic (exact) mass is 143 g/mol. The molecule has 0 heterocycles.